The number of carboxylic acids is 1. The first-order valence-electron chi connectivity index (χ1n) is 5.64. The molecule has 6 heteroatoms. The molecule has 1 heterocycles. The molecule has 0 saturated heterocycles. The number of nitrogens with zero attached hydrogens (tertiary/aromatic N) is 1. The molecule has 0 amide bonds. The van der Waals surface area contributed by atoms with Crippen LogP contribution in [0, 0.1) is 0 Å². The topological polar surface area (TPSA) is 63.3 Å². The number of halogens is 2. The molecule has 100 valence electrons. The van der Waals surface area contributed by atoms with Crippen LogP contribution in [0.15, 0.2) is 40.8 Å². The van der Waals surface area contributed by atoms with Crippen LogP contribution in [0.1, 0.15) is 10.4 Å². The van der Waals surface area contributed by atoms with E-state index in [1.807, 2.05) is 0 Å². The number of aromatic nitrogens is 1. The van der Waals surface area contributed by atoms with Crippen LogP contribution in [-0.2, 0) is 0 Å². The lowest BCUT2D eigenvalue weighted by molar-refractivity contribution is 0.0697. The maximum absolute atomic E-state index is 10.9. The van der Waals surface area contributed by atoms with Gasteiger partial charge in [-0.05, 0) is 30.3 Å². The molecule has 20 heavy (non-hydrogen) atoms. The van der Waals surface area contributed by atoms with Gasteiger partial charge in [-0.1, -0.05) is 29.3 Å². The number of hydrogen-bond donors (Lipinski definition) is 1. The van der Waals surface area contributed by atoms with Gasteiger partial charge in [-0.25, -0.2) is 9.78 Å². The SMILES string of the molecule is O=C(O)c1ccc2oc(-c3c(Cl)cccc3Cl)nc2c1. The zero-order valence-electron chi connectivity index (χ0n) is 9.93. The van der Waals surface area contributed by atoms with Crippen LogP contribution >= 0.6 is 23.2 Å². The molecule has 0 aliphatic carbocycles. The van der Waals surface area contributed by atoms with E-state index >= 15 is 0 Å². The molecule has 3 rings (SSSR count). The minimum absolute atomic E-state index is 0.141. The van der Waals surface area contributed by atoms with Crippen LogP contribution in [0.5, 0.6) is 0 Å². The number of carbonyl (C=O) groups is 1. The third-order valence-corrected chi connectivity index (χ3v) is 3.44. The normalized spacial score (nSPS) is 10.9. The van der Waals surface area contributed by atoms with Crippen molar-refractivity contribution in [2.45, 2.75) is 0 Å². The van der Waals surface area contributed by atoms with Crippen molar-refractivity contribution in [1.29, 1.82) is 0 Å². The van der Waals surface area contributed by atoms with E-state index in [0.717, 1.165) is 0 Å². The smallest absolute Gasteiger partial charge is 0.335 e. The van der Waals surface area contributed by atoms with Crippen LogP contribution in [-0.4, -0.2) is 16.1 Å². The van der Waals surface area contributed by atoms with Gasteiger partial charge >= 0.3 is 5.97 Å². The molecule has 0 fully saturated rings. The van der Waals surface area contributed by atoms with Gasteiger partial charge in [0.15, 0.2) is 5.58 Å². The Labute approximate surface area is 123 Å². The van der Waals surface area contributed by atoms with Gasteiger partial charge in [-0.15, -0.1) is 0 Å². The Balaban J connectivity index is 2.21. The first-order chi connectivity index (χ1) is 9.56. The Morgan fingerprint density at radius 3 is 2.50 bits per heavy atom. The van der Waals surface area contributed by atoms with E-state index in [1.54, 1.807) is 24.3 Å². The molecule has 0 aliphatic rings. The van der Waals surface area contributed by atoms with Crippen LogP contribution in [0.3, 0.4) is 0 Å². The van der Waals surface area contributed by atoms with Crippen molar-refractivity contribution in [1.82, 2.24) is 4.98 Å². The second-order valence-electron chi connectivity index (χ2n) is 4.10. The summed E-state index contributed by atoms with van der Waals surface area (Å²) in [4.78, 5) is 15.2. The number of aromatic carboxylic acids is 1. The van der Waals surface area contributed by atoms with E-state index in [4.69, 9.17) is 32.7 Å². The molecule has 3 aromatic rings. The van der Waals surface area contributed by atoms with Gasteiger partial charge in [0.05, 0.1) is 21.2 Å². The molecule has 0 radical (unpaired) electrons. The molecular formula is C14H7Cl2NO3. The van der Waals surface area contributed by atoms with Gasteiger partial charge < -0.3 is 9.52 Å². The van der Waals surface area contributed by atoms with E-state index in [-0.39, 0.29) is 11.5 Å². The zero-order valence-corrected chi connectivity index (χ0v) is 11.4. The van der Waals surface area contributed by atoms with Gasteiger partial charge in [0, 0.05) is 0 Å². The fraction of sp³-hybridized carbons (Fsp3) is 0. The largest absolute Gasteiger partial charge is 0.478 e. The Morgan fingerprint density at radius 2 is 1.85 bits per heavy atom. The maximum atomic E-state index is 10.9. The number of oxazole rings is 1. The fourth-order valence-corrected chi connectivity index (χ4v) is 2.43. The Kier molecular flexibility index (Phi) is 3.12. The first-order valence-corrected chi connectivity index (χ1v) is 6.40. The lowest BCUT2D eigenvalue weighted by Crippen LogP contribution is -1.94. The Hall–Kier alpha value is -2.04. The average molecular weight is 308 g/mol. The molecule has 1 aromatic heterocycles. The van der Waals surface area contributed by atoms with Crippen LogP contribution in [0.2, 0.25) is 10.0 Å². The van der Waals surface area contributed by atoms with E-state index in [0.29, 0.717) is 26.7 Å². The summed E-state index contributed by atoms with van der Waals surface area (Å²) in [6.45, 7) is 0. The summed E-state index contributed by atoms with van der Waals surface area (Å²) in [5.41, 5.74) is 1.54. The standard InChI is InChI=1S/C14H7Cl2NO3/c15-8-2-1-3-9(16)12(8)13-17-10-6-7(14(18)19)4-5-11(10)20-13/h1-6H,(H,18,19). The van der Waals surface area contributed by atoms with E-state index in [1.165, 1.54) is 12.1 Å². The lowest BCUT2D eigenvalue weighted by atomic mass is 10.2. The Morgan fingerprint density at radius 1 is 1.15 bits per heavy atom. The van der Waals surface area contributed by atoms with E-state index in [2.05, 4.69) is 4.98 Å². The van der Waals surface area contributed by atoms with Gasteiger partial charge in [-0.3, -0.25) is 0 Å². The molecule has 0 bridgehead atoms. The summed E-state index contributed by atoms with van der Waals surface area (Å²) in [5, 5.41) is 9.79. The number of carboxylic acid groups (broad SMARTS) is 1. The third kappa shape index (κ3) is 2.13. The van der Waals surface area contributed by atoms with Crippen LogP contribution in [0.25, 0.3) is 22.6 Å². The maximum Gasteiger partial charge on any atom is 0.335 e. The number of benzene rings is 2. The molecule has 0 aliphatic heterocycles. The van der Waals surface area contributed by atoms with Gasteiger partial charge in [-0.2, -0.15) is 0 Å². The van der Waals surface area contributed by atoms with Crippen LogP contribution < -0.4 is 0 Å². The molecule has 4 nitrogen and oxygen atoms in total. The summed E-state index contributed by atoms with van der Waals surface area (Å²) in [6.07, 6.45) is 0. The zero-order chi connectivity index (χ0) is 14.3. The predicted molar refractivity (Wildman–Crippen MR) is 76.4 cm³/mol. The highest BCUT2D eigenvalue weighted by Crippen LogP contribution is 2.35. The van der Waals surface area contributed by atoms with Crippen molar-refractivity contribution >= 4 is 40.3 Å². The van der Waals surface area contributed by atoms with Crippen molar-refractivity contribution in [3.63, 3.8) is 0 Å². The van der Waals surface area contributed by atoms with Gasteiger partial charge in [0.25, 0.3) is 0 Å². The fourth-order valence-electron chi connectivity index (χ4n) is 1.87. The average Bonchev–Trinajstić information content (AvgIpc) is 2.80. The molecule has 0 spiro atoms. The number of hydrogen-bond acceptors (Lipinski definition) is 3. The monoisotopic (exact) mass is 307 g/mol. The molecule has 0 unspecified atom stereocenters. The summed E-state index contributed by atoms with van der Waals surface area (Å²) in [7, 11) is 0. The van der Waals surface area contributed by atoms with Crippen LogP contribution in [0.4, 0.5) is 0 Å². The molecular weight excluding hydrogens is 301 g/mol. The highest BCUT2D eigenvalue weighted by Gasteiger charge is 2.16. The number of fused-ring (bicyclic) bond motifs is 1. The van der Waals surface area contributed by atoms with Crippen molar-refractivity contribution in [3.05, 3.63) is 52.0 Å². The van der Waals surface area contributed by atoms with Gasteiger partial charge in [0.1, 0.15) is 5.52 Å². The van der Waals surface area contributed by atoms with Crippen molar-refractivity contribution in [3.8, 4) is 11.5 Å². The summed E-state index contributed by atoms with van der Waals surface area (Å²) in [6, 6.07) is 9.53. The minimum Gasteiger partial charge on any atom is -0.478 e. The number of rotatable bonds is 2. The quantitative estimate of drug-likeness (QED) is 0.757. The summed E-state index contributed by atoms with van der Waals surface area (Å²) >= 11 is 12.2. The van der Waals surface area contributed by atoms with Gasteiger partial charge in [0.2, 0.25) is 5.89 Å². The second-order valence-corrected chi connectivity index (χ2v) is 4.92. The second kappa shape index (κ2) is 4.81. The molecule has 1 N–H and O–H groups in total. The molecule has 2 aromatic carbocycles. The van der Waals surface area contributed by atoms with E-state index in [9.17, 15) is 4.79 Å². The third-order valence-electron chi connectivity index (χ3n) is 2.81. The lowest BCUT2D eigenvalue weighted by Gasteiger charge is -2.01. The first kappa shape index (κ1) is 13.0. The van der Waals surface area contributed by atoms with Crippen molar-refractivity contribution in [2.24, 2.45) is 0 Å². The molecule has 0 atom stereocenters. The van der Waals surface area contributed by atoms with Crippen molar-refractivity contribution < 1.29 is 14.3 Å². The van der Waals surface area contributed by atoms with Crippen molar-refractivity contribution in [2.75, 3.05) is 0 Å². The summed E-state index contributed by atoms with van der Waals surface area (Å²) in [5.74, 6) is -0.759. The summed E-state index contributed by atoms with van der Waals surface area (Å²) < 4.78 is 5.58. The minimum atomic E-state index is -1.02. The molecule has 0 saturated carbocycles. The predicted octanol–water partition coefficient (Wildman–Crippen LogP) is 4.50. The Bertz CT molecular complexity index is 806. The highest BCUT2D eigenvalue weighted by molar-refractivity contribution is 6.38. The highest BCUT2D eigenvalue weighted by atomic mass is 35.5. The van der Waals surface area contributed by atoms with E-state index < -0.39 is 5.97 Å².